The Balaban J connectivity index is 2.59. The fourth-order valence-electron chi connectivity index (χ4n) is 3.71. The first-order chi connectivity index (χ1) is 13.5. The Labute approximate surface area is 172 Å². The standard InChI is InChI=1S/C24H34NO2P/c1-7-13-24(8-2,21-15-19(4)9-11-22(21)27-17-26-6)28-23-12-10-18(3)14-20(23)16-25-5/h9-12,14-16,28H,7-8,13,17H2,1-6H3. The lowest BCUT2D eigenvalue weighted by molar-refractivity contribution is 0.0499. The number of rotatable bonds is 10. The van der Waals surface area contributed by atoms with Gasteiger partial charge in [-0.1, -0.05) is 64.2 Å². The Kier molecular flexibility index (Phi) is 8.66. The lowest BCUT2D eigenvalue weighted by atomic mass is 9.89. The predicted molar refractivity (Wildman–Crippen MR) is 123 cm³/mol. The molecule has 2 aromatic rings. The molecule has 0 N–H and O–H groups in total. The molecule has 0 spiro atoms. The van der Waals surface area contributed by atoms with Gasteiger partial charge in [-0.2, -0.15) is 0 Å². The molecule has 0 aliphatic heterocycles. The van der Waals surface area contributed by atoms with E-state index < -0.39 is 0 Å². The van der Waals surface area contributed by atoms with Crippen molar-refractivity contribution >= 4 is 20.1 Å². The van der Waals surface area contributed by atoms with Crippen LogP contribution in [0.4, 0.5) is 0 Å². The van der Waals surface area contributed by atoms with Gasteiger partial charge in [-0.3, -0.25) is 4.99 Å². The number of aryl methyl sites for hydroxylation is 2. The highest BCUT2D eigenvalue weighted by atomic mass is 31.1. The lowest BCUT2D eigenvalue weighted by Crippen LogP contribution is -2.25. The van der Waals surface area contributed by atoms with Gasteiger partial charge in [0.05, 0.1) is 0 Å². The van der Waals surface area contributed by atoms with E-state index in [0.29, 0.717) is 8.58 Å². The number of methoxy groups -OCH3 is 1. The molecular weight excluding hydrogens is 365 g/mol. The van der Waals surface area contributed by atoms with Crippen molar-refractivity contribution in [2.75, 3.05) is 21.0 Å². The fourth-order valence-corrected chi connectivity index (χ4v) is 5.56. The van der Waals surface area contributed by atoms with Crippen LogP contribution in [0.1, 0.15) is 55.4 Å². The highest BCUT2D eigenvalue weighted by molar-refractivity contribution is 7.48. The molecule has 0 radical (unpaired) electrons. The van der Waals surface area contributed by atoms with Crippen LogP contribution >= 0.6 is 8.58 Å². The number of benzene rings is 2. The van der Waals surface area contributed by atoms with E-state index in [4.69, 9.17) is 9.47 Å². The topological polar surface area (TPSA) is 30.8 Å². The van der Waals surface area contributed by atoms with E-state index in [1.165, 1.54) is 27.6 Å². The SMILES string of the molecule is CCCC(CC)(Pc1ccc(C)cc1C=NC)c1cc(C)ccc1OCOC. The first kappa shape index (κ1) is 22.6. The summed E-state index contributed by atoms with van der Waals surface area (Å²) >= 11 is 0. The van der Waals surface area contributed by atoms with E-state index in [9.17, 15) is 0 Å². The molecule has 0 heterocycles. The zero-order valence-corrected chi connectivity index (χ0v) is 19.1. The fraction of sp³-hybridized carbons (Fsp3) is 0.458. The van der Waals surface area contributed by atoms with Gasteiger partial charge < -0.3 is 9.47 Å². The van der Waals surface area contributed by atoms with Crippen LogP contribution in [0.25, 0.3) is 0 Å². The van der Waals surface area contributed by atoms with Crippen molar-refractivity contribution in [2.45, 2.75) is 52.1 Å². The number of hydrogen-bond acceptors (Lipinski definition) is 3. The second-order valence-electron chi connectivity index (χ2n) is 7.34. The van der Waals surface area contributed by atoms with Crippen LogP contribution in [0.2, 0.25) is 0 Å². The summed E-state index contributed by atoms with van der Waals surface area (Å²) in [6.45, 7) is 9.12. The van der Waals surface area contributed by atoms with Crippen LogP contribution in [-0.4, -0.2) is 27.2 Å². The molecular formula is C24H34NO2P. The summed E-state index contributed by atoms with van der Waals surface area (Å²) in [5.41, 5.74) is 5.05. The van der Waals surface area contributed by atoms with Crippen molar-refractivity contribution in [2.24, 2.45) is 4.99 Å². The first-order valence-corrected chi connectivity index (χ1v) is 11.0. The van der Waals surface area contributed by atoms with Gasteiger partial charge in [0.2, 0.25) is 0 Å². The molecule has 0 aromatic heterocycles. The summed E-state index contributed by atoms with van der Waals surface area (Å²) in [7, 11) is 4.14. The van der Waals surface area contributed by atoms with Crippen molar-refractivity contribution in [1.29, 1.82) is 0 Å². The number of ether oxygens (including phenoxy) is 2. The molecule has 0 fully saturated rings. The van der Waals surface area contributed by atoms with Gasteiger partial charge in [0.15, 0.2) is 6.79 Å². The zero-order chi connectivity index (χ0) is 20.6. The highest BCUT2D eigenvalue weighted by Crippen LogP contribution is 2.51. The average Bonchev–Trinajstić information content (AvgIpc) is 2.68. The molecule has 0 saturated heterocycles. The molecule has 0 aliphatic carbocycles. The minimum Gasteiger partial charge on any atom is -0.467 e. The van der Waals surface area contributed by atoms with E-state index >= 15 is 0 Å². The predicted octanol–water partition coefficient (Wildman–Crippen LogP) is 5.74. The van der Waals surface area contributed by atoms with Gasteiger partial charge in [0.1, 0.15) is 5.75 Å². The number of aliphatic imine (C=N–C) groups is 1. The monoisotopic (exact) mass is 399 g/mol. The van der Waals surface area contributed by atoms with E-state index in [1.54, 1.807) is 7.11 Å². The second kappa shape index (κ2) is 10.7. The van der Waals surface area contributed by atoms with Crippen LogP contribution < -0.4 is 10.0 Å². The lowest BCUT2D eigenvalue weighted by Gasteiger charge is -2.35. The summed E-state index contributed by atoms with van der Waals surface area (Å²) in [4.78, 5) is 4.29. The summed E-state index contributed by atoms with van der Waals surface area (Å²) < 4.78 is 11.2. The maximum Gasteiger partial charge on any atom is 0.188 e. The van der Waals surface area contributed by atoms with Gasteiger partial charge in [0, 0.05) is 31.1 Å². The van der Waals surface area contributed by atoms with Crippen molar-refractivity contribution in [3.63, 3.8) is 0 Å². The second-order valence-corrected chi connectivity index (χ2v) is 9.08. The molecule has 0 amide bonds. The minimum atomic E-state index is 0.0371. The first-order valence-electron chi connectivity index (χ1n) is 10.0. The zero-order valence-electron chi connectivity index (χ0n) is 18.1. The van der Waals surface area contributed by atoms with Gasteiger partial charge in [-0.05, 0) is 49.7 Å². The summed E-state index contributed by atoms with van der Waals surface area (Å²) in [6, 6.07) is 13.2. The van der Waals surface area contributed by atoms with E-state index in [1.807, 2.05) is 13.3 Å². The van der Waals surface area contributed by atoms with Crippen LogP contribution in [0.3, 0.4) is 0 Å². The molecule has 2 rings (SSSR count). The molecule has 2 aromatic carbocycles. The molecule has 0 aliphatic rings. The molecule has 0 saturated carbocycles. The van der Waals surface area contributed by atoms with E-state index in [2.05, 4.69) is 69.1 Å². The van der Waals surface area contributed by atoms with Crippen molar-refractivity contribution in [3.8, 4) is 5.75 Å². The van der Waals surface area contributed by atoms with Gasteiger partial charge in [-0.25, -0.2) is 0 Å². The summed E-state index contributed by atoms with van der Waals surface area (Å²) in [5, 5.41) is 1.40. The normalized spacial score (nSPS) is 14.1. The van der Waals surface area contributed by atoms with E-state index in [-0.39, 0.29) is 11.9 Å². The van der Waals surface area contributed by atoms with Crippen LogP contribution in [0.15, 0.2) is 41.4 Å². The minimum absolute atomic E-state index is 0.0371. The average molecular weight is 400 g/mol. The van der Waals surface area contributed by atoms with Crippen LogP contribution in [-0.2, 0) is 9.89 Å². The van der Waals surface area contributed by atoms with Crippen molar-refractivity contribution in [3.05, 3.63) is 58.7 Å². The van der Waals surface area contributed by atoms with Gasteiger partial charge >= 0.3 is 0 Å². The molecule has 2 unspecified atom stereocenters. The Morgan fingerprint density at radius 1 is 1.07 bits per heavy atom. The van der Waals surface area contributed by atoms with Crippen LogP contribution in [0.5, 0.6) is 5.75 Å². The molecule has 2 atom stereocenters. The molecule has 3 nitrogen and oxygen atoms in total. The maximum atomic E-state index is 5.99. The summed E-state index contributed by atoms with van der Waals surface area (Å²) in [6.07, 6.45) is 5.29. The van der Waals surface area contributed by atoms with Gasteiger partial charge in [0.25, 0.3) is 0 Å². The smallest absolute Gasteiger partial charge is 0.188 e. The quantitative estimate of drug-likeness (QED) is 0.290. The van der Waals surface area contributed by atoms with Crippen molar-refractivity contribution < 1.29 is 9.47 Å². The molecule has 4 heteroatoms. The Morgan fingerprint density at radius 3 is 2.43 bits per heavy atom. The molecule has 0 bridgehead atoms. The Morgan fingerprint density at radius 2 is 1.79 bits per heavy atom. The van der Waals surface area contributed by atoms with Crippen LogP contribution in [0, 0.1) is 13.8 Å². The third-order valence-corrected chi connectivity index (χ3v) is 7.19. The van der Waals surface area contributed by atoms with Gasteiger partial charge in [-0.15, -0.1) is 0 Å². The van der Waals surface area contributed by atoms with Crippen molar-refractivity contribution in [1.82, 2.24) is 0 Å². The molecule has 28 heavy (non-hydrogen) atoms. The number of nitrogens with zero attached hydrogens (tertiary/aromatic N) is 1. The third-order valence-electron chi connectivity index (χ3n) is 5.11. The molecule has 152 valence electrons. The Bertz CT molecular complexity index is 803. The third kappa shape index (κ3) is 5.43. The summed E-state index contributed by atoms with van der Waals surface area (Å²) in [5.74, 6) is 0.938. The highest BCUT2D eigenvalue weighted by Gasteiger charge is 2.33. The maximum absolute atomic E-state index is 5.99. The Hall–Kier alpha value is -1.70. The largest absolute Gasteiger partial charge is 0.467 e. The number of hydrogen-bond donors (Lipinski definition) is 0. The van der Waals surface area contributed by atoms with E-state index in [0.717, 1.165) is 25.0 Å².